The first-order valence-electron chi connectivity index (χ1n) is 5.11. The summed E-state index contributed by atoms with van der Waals surface area (Å²) in [5, 5.41) is 21.0. The molecule has 19 heavy (non-hydrogen) atoms. The molecule has 9 heteroatoms. The molecule has 1 N–H and O–H groups in total. The highest BCUT2D eigenvalue weighted by molar-refractivity contribution is 7.98. The first-order chi connectivity index (χ1) is 9.08. The smallest absolute Gasteiger partial charge is 0.325 e. The minimum absolute atomic E-state index is 0.286. The third-order valence-electron chi connectivity index (χ3n) is 2.19. The van der Waals surface area contributed by atoms with Gasteiger partial charge in [0.2, 0.25) is 5.16 Å². The number of halogens is 2. The summed E-state index contributed by atoms with van der Waals surface area (Å²) >= 11 is 13.4. The molecule has 1 aromatic heterocycles. The molecule has 0 saturated carbocycles. The van der Waals surface area contributed by atoms with Gasteiger partial charge in [0.05, 0.1) is 0 Å². The van der Waals surface area contributed by atoms with E-state index in [1.807, 2.05) is 0 Å². The zero-order valence-corrected chi connectivity index (χ0v) is 11.8. The van der Waals surface area contributed by atoms with E-state index < -0.39 is 5.97 Å². The number of aliphatic carboxylic acids is 1. The number of benzene rings is 1. The molecule has 0 unspecified atom stereocenters. The van der Waals surface area contributed by atoms with Gasteiger partial charge in [-0.05, 0) is 28.1 Å². The predicted octanol–water partition coefficient (Wildman–Crippen LogP) is 2.36. The summed E-state index contributed by atoms with van der Waals surface area (Å²) in [6.45, 7) is -0.286. The van der Waals surface area contributed by atoms with Crippen LogP contribution in [0.2, 0.25) is 10.0 Å². The van der Waals surface area contributed by atoms with E-state index in [1.165, 1.54) is 16.4 Å². The Balaban J connectivity index is 2.11. The SMILES string of the molecule is O=C(O)Cn1nnnc1SCc1c(Cl)cccc1Cl. The lowest BCUT2D eigenvalue weighted by Crippen LogP contribution is -2.11. The molecule has 0 fully saturated rings. The molecule has 100 valence electrons. The van der Waals surface area contributed by atoms with Gasteiger partial charge in [0.25, 0.3) is 0 Å². The average molecular weight is 319 g/mol. The highest BCUT2D eigenvalue weighted by Gasteiger charge is 2.12. The van der Waals surface area contributed by atoms with Gasteiger partial charge in [-0.3, -0.25) is 4.79 Å². The maximum Gasteiger partial charge on any atom is 0.325 e. The van der Waals surface area contributed by atoms with Crippen molar-refractivity contribution in [2.24, 2.45) is 0 Å². The van der Waals surface area contributed by atoms with Crippen molar-refractivity contribution in [2.75, 3.05) is 0 Å². The molecule has 0 aliphatic rings. The first-order valence-corrected chi connectivity index (χ1v) is 6.85. The Morgan fingerprint density at radius 3 is 2.68 bits per heavy atom. The van der Waals surface area contributed by atoms with Crippen molar-refractivity contribution in [1.82, 2.24) is 20.2 Å². The van der Waals surface area contributed by atoms with Crippen LogP contribution in [-0.2, 0) is 17.1 Å². The van der Waals surface area contributed by atoms with Crippen LogP contribution in [0.1, 0.15) is 5.56 Å². The fourth-order valence-corrected chi connectivity index (χ4v) is 2.95. The average Bonchev–Trinajstić information content (AvgIpc) is 2.75. The van der Waals surface area contributed by atoms with E-state index in [0.29, 0.717) is 21.0 Å². The van der Waals surface area contributed by atoms with Crippen LogP contribution in [0.4, 0.5) is 0 Å². The number of thioether (sulfide) groups is 1. The van der Waals surface area contributed by atoms with E-state index in [4.69, 9.17) is 28.3 Å². The topological polar surface area (TPSA) is 80.9 Å². The van der Waals surface area contributed by atoms with E-state index >= 15 is 0 Å². The van der Waals surface area contributed by atoms with Crippen molar-refractivity contribution in [2.45, 2.75) is 17.5 Å². The summed E-state index contributed by atoms with van der Waals surface area (Å²) in [6, 6.07) is 5.24. The van der Waals surface area contributed by atoms with Gasteiger partial charge < -0.3 is 5.11 Å². The molecule has 0 aliphatic carbocycles. The molecule has 2 aromatic rings. The summed E-state index contributed by atoms with van der Waals surface area (Å²) in [5.41, 5.74) is 0.765. The molecule has 0 amide bonds. The molecule has 1 heterocycles. The highest BCUT2D eigenvalue weighted by Crippen LogP contribution is 2.30. The lowest BCUT2D eigenvalue weighted by atomic mass is 10.2. The van der Waals surface area contributed by atoms with Crippen LogP contribution in [0.3, 0.4) is 0 Å². The third kappa shape index (κ3) is 3.59. The maximum absolute atomic E-state index is 10.6. The van der Waals surface area contributed by atoms with Gasteiger partial charge >= 0.3 is 5.97 Å². The normalized spacial score (nSPS) is 10.6. The van der Waals surface area contributed by atoms with Gasteiger partial charge in [0, 0.05) is 15.8 Å². The summed E-state index contributed by atoms with van der Waals surface area (Å²) in [7, 11) is 0. The Hall–Kier alpha value is -1.31. The number of nitrogens with zero attached hydrogens (tertiary/aromatic N) is 4. The Morgan fingerprint density at radius 2 is 2.05 bits per heavy atom. The van der Waals surface area contributed by atoms with Gasteiger partial charge in [-0.1, -0.05) is 41.0 Å². The second kappa shape index (κ2) is 6.23. The number of carbonyl (C=O) groups is 1. The second-order valence-corrected chi connectivity index (χ2v) is 5.26. The molecule has 0 atom stereocenters. The molecule has 0 aliphatic heterocycles. The van der Waals surface area contributed by atoms with Gasteiger partial charge in [0.15, 0.2) is 0 Å². The van der Waals surface area contributed by atoms with Crippen LogP contribution in [0, 0.1) is 0 Å². The number of tetrazole rings is 1. The van der Waals surface area contributed by atoms with Crippen LogP contribution in [0.25, 0.3) is 0 Å². The maximum atomic E-state index is 10.6. The lowest BCUT2D eigenvalue weighted by Gasteiger charge is -2.06. The van der Waals surface area contributed by atoms with Gasteiger partial charge in [-0.25, -0.2) is 4.68 Å². The fourth-order valence-electron chi connectivity index (χ4n) is 1.33. The summed E-state index contributed by atoms with van der Waals surface area (Å²) in [4.78, 5) is 10.6. The number of carboxylic acids is 1. The summed E-state index contributed by atoms with van der Waals surface area (Å²) in [6.07, 6.45) is 0. The second-order valence-electron chi connectivity index (χ2n) is 3.50. The quantitative estimate of drug-likeness (QED) is 0.852. The van der Waals surface area contributed by atoms with Crippen molar-refractivity contribution in [3.8, 4) is 0 Å². The van der Waals surface area contributed by atoms with Crippen LogP contribution in [-0.4, -0.2) is 31.3 Å². The standard InChI is InChI=1S/C10H8Cl2N4O2S/c11-7-2-1-3-8(12)6(7)5-19-10-13-14-15-16(10)4-9(17)18/h1-3H,4-5H2,(H,17,18). The number of hydrogen-bond donors (Lipinski definition) is 1. The van der Waals surface area contributed by atoms with Crippen molar-refractivity contribution in [3.05, 3.63) is 33.8 Å². The number of carboxylic acid groups (broad SMARTS) is 1. The third-order valence-corrected chi connectivity index (χ3v) is 3.88. The Morgan fingerprint density at radius 1 is 1.37 bits per heavy atom. The van der Waals surface area contributed by atoms with E-state index in [2.05, 4.69) is 15.5 Å². The van der Waals surface area contributed by atoms with Gasteiger partial charge in [-0.2, -0.15) is 0 Å². The number of rotatable bonds is 5. The molecule has 1 aromatic carbocycles. The zero-order chi connectivity index (χ0) is 13.8. The molecule has 0 spiro atoms. The fraction of sp³-hybridized carbons (Fsp3) is 0.200. The molecular formula is C10H8Cl2N4O2S. The van der Waals surface area contributed by atoms with Gasteiger partial charge in [0.1, 0.15) is 6.54 Å². The minimum Gasteiger partial charge on any atom is -0.480 e. The molecular weight excluding hydrogens is 311 g/mol. The van der Waals surface area contributed by atoms with Crippen molar-refractivity contribution >= 4 is 40.9 Å². The summed E-state index contributed by atoms with van der Waals surface area (Å²) < 4.78 is 1.21. The monoisotopic (exact) mass is 318 g/mol. The Bertz CT molecular complexity index is 585. The van der Waals surface area contributed by atoms with E-state index in [1.54, 1.807) is 18.2 Å². The van der Waals surface area contributed by atoms with Crippen LogP contribution in [0.5, 0.6) is 0 Å². The highest BCUT2D eigenvalue weighted by atomic mass is 35.5. The Kier molecular flexibility index (Phi) is 4.62. The minimum atomic E-state index is -1.01. The van der Waals surface area contributed by atoms with E-state index in [9.17, 15) is 4.79 Å². The van der Waals surface area contributed by atoms with Crippen LogP contribution >= 0.6 is 35.0 Å². The Labute approximate surface area is 122 Å². The first kappa shape index (κ1) is 14.1. The molecule has 0 radical (unpaired) electrons. The lowest BCUT2D eigenvalue weighted by molar-refractivity contribution is -0.138. The van der Waals surface area contributed by atoms with Crippen molar-refractivity contribution in [3.63, 3.8) is 0 Å². The molecule has 0 saturated heterocycles. The van der Waals surface area contributed by atoms with Crippen molar-refractivity contribution in [1.29, 1.82) is 0 Å². The zero-order valence-electron chi connectivity index (χ0n) is 9.45. The molecule has 6 nitrogen and oxygen atoms in total. The molecule has 0 bridgehead atoms. The van der Waals surface area contributed by atoms with Crippen LogP contribution in [0.15, 0.2) is 23.4 Å². The van der Waals surface area contributed by atoms with E-state index in [-0.39, 0.29) is 6.54 Å². The van der Waals surface area contributed by atoms with Gasteiger partial charge in [-0.15, -0.1) is 5.10 Å². The van der Waals surface area contributed by atoms with E-state index in [0.717, 1.165) is 5.56 Å². The van der Waals surface area contributed by atoms with Crippen molar-refractivity contribution < 1.29 is 9.90 Å². The largest absolute Gasteiger partial charge is 0.480 e. The number of aromatic nitrogens is 4. The van der Waals surface area contributed by atoms with Crippen LogP contribution < -0.4 is 0 Å². The molecule has 2 rings (SSSR count). The number of hydrogen-bond acceptors (Lipinski definition) is 5. The summed E-state index contributed by atoms with van der Waals surface area (Å²) in [5.74, 6) is -0.552. The predicted molar refractivity (Wildman–Crippen MR) is 71.5 cm³/mol.